The molecule has 1 aliphatic rings. The average Bonchev–Trinajstić information content (AvgIpc) is 2.54. The van der Waals surface area contributed by atoms with Crippen molar-refractivity contribution in [1.82, 2.24) is 9.80 Å². The maximum Gasteiger partial charge on any atom is 0.240 e. The summed E-state index contributed by atoms with van der Waals surface area (Å²) in [4.78, 5) is 15.8. The van der Waals surface area contributed by atoms with Crippen molar-refractivity contribution in [3.63, 3.8) is 0 Å². The first kappa shape index (κ1) is 18.2. The monoisotopic (exact) mass is 338 g/mol. The van der Waals surface area contributed by atoms with Crippen LogP contribution in [0.3, 0.4) is 0 Å². The molecular formula is C18H27ClN2O2. The molecule has 1 fully saturated rings. The molecule has 4 nitrogen and oxygen atoms in total. The summed E-state index contributed by atoms with van der Waals surface area (Å²) >= 11 is 5.84. The Morgan fingerprint density at radius 1 is 1.30 bits per heavy atom. The van der Waals surface area contributed by atoms with E-state index in [1.54, 1.807) is 18.9 Å². The molecule has 1 aromatic carbocycles. The third-order valence-corrected chi connectivity index (χ3v) is 4.99. The van der Waals surface area contributed by atoms with Gasteiger partial charge in [-0.2, -0.15) is 0 Å². The lowest BCUT2D eigenvalue weighted by Crippen LogP contribution is -2.52. The minimum atomic E-state index is -0.816. The van der Waals surface area contributed by atoms with Gasteiger partial charge in [0.2, 0.25) is 5.91 Å². The van der Waals surface area contributed by atoms with E-state index >= 15 is 0 Å². The van der Waals surface area contributed by atoms with Crippen molar-refractivity contribution in [2.45, 2.75) is 43.7 Å². The van der Waals surface area contributed by atoms with Crippen molar-refractivity contribution in [3.8, 4) is 0 Å². The average molecular weight is 339 g/mol. The second kappa shape index (κ2) is 7.65. The number of carbonyl (C=O) groups is 1. The summed E-state index contributed by atoms with van der Waals surface area (Å²) in [6.07, 6.45) is 1.33. The Morgan fingerprint density at radius 2 is 1.87 bits per heavy atom. The van der Waals surface area contributed by atoms with Gasteiger partial charge in [-0.15, -0.1) is 11.6 Å². The first-order valence-electron chi connectivity index (χ1n) is 8.23. The second-order valence-corrected chi connectivity index (χ2v) is 7.31. The molecule has 0 aliphatic carbocycles. The number of amides is 1. The Hall–Kier alpha value is -1.10. The number of benzene rings is 1. The van der Waals surface area contributed by atoms with Crippen molar-refractivity contribution < 1.29 is 9.90 Å². The van der Waals surface area contributed by atoms with Gasteiger partial charge in [0.05, 0.1) is 5.60 Å². The van der Waals surface area contributed by atoms with Crippen LogP contribution in [0.25, 0.3) is 0 Å². The fourth-order valence-electron chi connectivity index (χ4n) is 3.25. The zero-order valence-electron chi connectivity index (χ0n) is 14.2. The highest BCUT2D eigenvalue weighted by Crippen LogP contribution is 2.29. The summed E-state index contributed by atoms with van der Waals surface area (Å²) in [6, 6.07) is 10.7. The van der Waals surface area contributed by atoms with Crippen LogP contribution >= 0.6 is 11.6 Å². The molecule has 1 unspecified atom stereocenters. The lowest BCUT2D eigenvalue weighted by molar-refractivity contribution is -0.134. The molecule has 0 radical (unpaired) electrons. The lowest BCUT2D eigenvalue weighted by Gasteiger charge is -2.42. The Morgan fingerprint density at radius 3 is 2.39 bits per heavy atom. The minimum absolute atomic E-state index is 0.139. The van der Waals surface area contributed by atoms with Crippen LogP contribution in [-0.2, 0) is 4.79 Å². The van der Waals surface area contributed by atoms with Crippen molar-refractivity contribution in [1.29, 1.82) is 0 Å². The Labute approximate surface area is 144 Å². The molecule has 1 aliphatic heterocycles. The number of likely N-dealkylation sites (tertiary alicyclic amines) is 1. The van der Waals surface area contributed by atoms with Gasteiger partial charge in [0.25, 0.3) is 0 Å². The molecule has 1 N–H and O–H groups in total. The number of piperidine rings is 1. The van der Waals surface area contributed by atoms with Crippen LogP contribution in [0.1, 0.15) is 38.3 Å². The SMILES string of the molecule is CC(c1ccccc1)N1CCC(O)(CN(C)C(=O)[C@H](C)Cl)CC1. The smallest absolute Gasteiger partial charge is 0.240 e. The number of hydrogen-bond acceptors (Lipinski definition) is 3. The first-order valence-corrected chi connectivity index (χ1v) is 8.66. The van der Waals surface area contributed by atoms with Crippen LogP contribution in [-0.4, -0.2) is 58.5 Å². The van der Waals surface area contributed by atoms with E-state index in [4.69, 9.17) is 11.6 Å². The van der Waals surface area contributed by atoms with Crippen LogP contribution in [0.4, 0.5) is 0 Å². The highest BCUT2D eigenvalue weighted by atomic mass is 35.5. The van der Waals surface area contributed by atoms with E-state index in [-0.39, 0.29) is 5.91 Å². The van der Waals surface area contributed by atoms with Crippen molar-refractivity contribution >= 4 is 17.5 Å². The molecule has 128 valence electrons. The molecule has 0 spiro atoms. The van der Waals surface area contributed by atoms with E-state index in [1.165, 1.54) is 5.56 Å². The van der Waals surface area contributed by atoms with Gasteiger partial charge in [-0.05, 0) is 32.3 Å². The molecule has 1 amide bonds. The summed E-state index contributed by atoms with van der Waals surface area (Å²) in [5.41, 5.74) is 0.476. The fraction of sp³-hybridized carbons (Fsp3) is 0.611. The predicted octanol–water partition coefficient (Wildman–Crippen LogP) is 2.66. The van der Waals surface area contributed by atoms with E-state index in [1.807, 2.05) is 6.07 Å². The molecule has 2 rings (SSSR count). The standard InChI is InChI=1S/C18H27ClN2O2/c1-14(19)17(22)20(3)13-18(23)9-11-21(12-10-18)15(2)16-7-5-4-6-8-16/h4-8,14-15,23H,9-13H2,1-3H3/t14-,15?/m0/s1. The molecule has 0 bridgehead atoms. The van der Waals surface area contributed by atoms with Gasteiger partial charge in [-0.25, -0.2) is 0 Å². The molecule has 0 aromatic heterocycles. The first-order chi connectivity index (χ1) is 10.8. The molecular weight excluding hydrogens is 312 g/mol. The Kier molecular flexibility index (Phi) is 6.06. The van der Waals surface area contributed by atoms with Crippen LogP contribution in [0.5, 0.6) is 0 Å². The topological polar surface area (TPSA) is 43.8 Å². The van der Waals surface area contributed by atoms with E-state index < -0.39 is 11.0 Å². The quantitative estimate of drug-likeness (QED) is 0.839. The van der Waals surface area contributed by atoms with Crippen LogP contribution < -0.4 is 0 Å². The van der Waals surface area contributed by atoms with Gasteiger partial charge in [0.15, 0.2) is 0 Å². The maximum absolute atomic E-state index is 11.9. The normalized spacial score (nSPS) is 20.7. The highest BCUT2D eigenvalue weighted by molar-refractivity contribution is 6.30. The van der Waals surface area contributed by atoms with Crippen molar-refractivity contribution in [2.75, 3.05) is 26.7 Å². The summed E-state index contributed by atoms with van der Waals surface area (Å²) in [5, 5.41) is 10.2. The highest BCUT2D eigenvalue weighted by Gasteiger charge is 2.36. The molecule has 1 heterocycles. The zero-order valence-corrected chi connectivity index (χ0v) is 15.0. The van der Waals surface area contributed by atoms with Gasteiger partial charge >= 0.3 is 0 Å². The van der Waals surface area contributed by atoms with Crippen LogP contribution in [0.2, 0.25) is 0 Å². The van der Waals surface area contributed by atoms with Gasteiger partial charge in [-0.1, -0.05) is 30.3 Å². The lowest BCUT2D eigenvalue weighted by atomic mass is 9.89. The van der Waals surface area contributed by atoms with E-state index in [0.717, 1.165) is 13.1 Å². The number of halogens is 1. The Bertz CT molecular complexity index is 513. The number of hydrogen-bond donors (Lipinski definition) is 1. The second-order valence-electron chi connectivity index (χ2n) is 6.66. The maximum atomic E-state index is 11.9. The van der Waals surface area contributed by atoms with Crippen molar-refractivity contribution in [3.05, 3.63) is 35.9 Å². The molecule has 2 atom stereocenters. The molecule has 0 saturated carbocycles. The Balaban J connectivity index is 1.91. The van der Waals surface area contributed by atoms with E-state index in [2.05, 4.69) is 36.1 Å². The number of alkyl halides is 1. The van der Waals surface area contributed by atoms with E-state index in [0.29, 0.717) is 25.4 Å². The zero-order chi connectivity index (χ0) is 17.0. The predicted molar refractivity (Wildman–Crippen MR) is 93.6 cm³/mol. The summed E-state index contributed by atoms with van der Waals surface area (Å²) < 4.78 is 0. The number of carbonyl (C=O) groups excluding carboxylic acids is 1. The number of nitrogens with zero attached hydrogens (tertiary/aromatic N) is 2. The summed E-state index contributed by atoms with van der Waals surface area (Å²) in [7, 11) is 1.71. The third kappa shape index (κ3) is 4.69. The van der Waals surface area contributed by atoms with E-state index in [9.17, 15) is 9.90 Å². The molecule has 1 saturated heterocycles. The van der Waals surface area contributed by atoms with Gasteiger partial charge in [0, 0.05) is 32.7 Å². The number of rotatable bonds is 5. The number of likely N-dealkylation sites (N-methyl/N-ethyl adjacent to an activating group) is 1. The summed E-state index contributed by atoms with van der Waals surface area (Å²) in [5.74, 6) is -0.139. The van der Waals surface area contributed by atoms with Crippen LogP contribution in [0.15, 0.2) is 30.3 Å². The largest absolute Gasteiger partial charge is 0.388 e. The molecule has 23 heavy (non-hydrogen) atoms. The van der Waals surface area contributed by atoms with Crippen molar-refractivity contribution in [2.24, 2.45) is 0 Å². The molecule has 1 aromatic rings. The van der Waals surface area contributed by atoms with Gasteiger partial charge in [0.1, 0.15) is 5.38 Å². The number of aliphatic hydroxyl groups is 1. The van der Waals surface area contributed by atoms with Crippen LogP contribution in [0, 0.1) is 0 Å². The summed E-state index contributed by atoms with van der Waals surface area (Å²) in [6.45, 7) is 5.85. The van der Waals surface area contributed by atoms with Gasteiger partial charge < -0.3 is 10.0 Å². The van der Waals surface area contributed by atoms with Gasteiger partial charge in [-0.3, -0.25) is 9.69 Å². The minimum Gasteiger partial charge on any atom is -0.388 e. The third-order valence-electron chi connectivity index (χ3n) is 4.81. The molecule has 5 heteroatoms. The fourth-order valence-corrected chi connectivity index (χ4v) is 3.42.